The Hall–Kier alpha value is -3.80. The van der Waals surface area contributed by atoms with Gasteiger partial charge in [0.2, 0.25) is 0 Å². The minimum Gasteiger partial charge on any atom is -0.478 e. The molecule has 0 fully saturated rings. The van der Waals surface area contributed by atoms with Gasteiger partial charge in [0.1, 0.15) is 0 Å². The van der Waals surface area contributed by atoms with Gasteiger partial charge in [0, 0.05) is 5.70 Å². The highest BCUT2D eigenvalue weighted by atomic mass is 19.4. The molecule has 1 aliphatic rings. The summed E-state index contributed by atoms with van der Waals surface area (Å²) in [6.07, 6.45) is -4.61. The van der Waals surface area contributed by atoms with Crippen molar-refractivity contribution in [2.45, 2.75) is 26.1 Å². The number of aliphatic carboxylic acids is 1. The Bertz CT molecular complexity index is 1120. The molecule has 2 aromatic rings. The minimum absolute atomic E-state index is 0.000616. The van der Waals surface area contributed by atoms with Crippen LogP contribution in [0.15, 0.2) is 53.7 Å². The highest BCUT2D eigenvalue weighted by Gasteiger charge is 2.38. The lowest BCUT2D eigenvalue weighted by atomic mass is 9.91. The average molecular weight is 415 g/mol. The van der Waals surface area contributed by atoms with Gasteiger partial charge in [-0.1, -0.05) is 12.1 Å². The zero-order valence-corrected chi connectivity index (χ0v) is 15.9. The minimum atomic E-state index is -4.61. The number of anilines is 1. The van der Waals surface area contributed by atoms with Crippen LogP contribution < -0.4 is 10.2 Å². The summed E-state index contributed by atoms with van der Waals surface area (Å²) in [5.41, 5.74) is 0.207. The number of hydrogen-bond donors (Lipinski definition) is 2. The molecule has 154 valence electrons. The molecule has 6 nitrogen and oxygen atoms in total. The molecule has 1 heterocycles. The topological polar surface area (TPSA) is 93.4 Å². The lowest BCUT2D eigenvalue weighted by molar-refractivity contribution is -0.137. The third-order valence-electron chi connectivity index (χ3n) is 4.86. The number of nitriles is 1. The van der Waals surface area contributed by atoms with Gasteiger partial charge in [0.05, 0.1) is 34.5 Å². The molecule has 0 radical (unpaired) electrons. The van der Waals surface area contributed by atoms with E-state index < -0.39 is 29.8 Å². The molecule has 2 aromatic carbocycles. The summed E-state index contributed by atoms with van der Waals surface area (Å²) < 4.78 is 39.2. The van der Waals surface area contributed by atoms with Gasteiger partial charge in [-0.25, -0.2) is 9.59 Å². The third kappa shape index (κ3) is 3.72. The smallest absolute Gasteiger partial charge is 0.416 e. The largest absolute Gasteiger partial charge is 0.478 e. The molecule has 2 amide bonds. The molecule has 30 heavy (non-hydrogen) atoms. The molecule has 2 N–H and O–H groups in total. The maximum atomic E-state index is 13.1. The lowest BCUT2D eigenvalue weighted by Crippen LogP contribution is -2.48. The molecule has 1 atom stereocenters. The summed E-state index contributed by atoms with van der Waals surface area (Å²) in [6.45, 7) is 3.05. The van der Waals surface area contributed by atoms with Gasteiger partial charge >= 0.3 is 18.2 Å². The highest BCUT2D eigenvalue weighted by Crippen LogP contribution is 2.37. The normalized spacial score (nSPS) is 16.9. The van der Waals surface area contributed by atoms with E-state index in [1.165, 1.54) is 19.1 Å². The zero-order valence-electron chi connectivity index (χ0n) is 15.9. The molecule has 3 rings (SSSR count). The number of amides is 2. The number of carbonyl (C=O) groups excluding carboxylic acids is 1. The molecule has 0 aromatic heterocycles. The lowest BCUT2D eigenvalue weighted by Gasteiger charge is -2.35. The van der Waals surface area contributed by atoms with Crippen LogP contribution in [-0.2, 0) is 11.0 Å². The number of benzene rings is 2. The van der Waals surface area contributed by atoms with Gasteiger partial charge in [0.25, 0.3) is 0 Å². The quantitative estimate of drug-likeness (QED) is 0.771. The van der Waals surface area contributed by atoms with E-state index in [1.807, 2.05) is 6.07 Å². The summed E-state index contributed by atoms with van der Waals surface area (Å²) in [5, 5.41) is 21.4. The number of aryl methyl sites for hydroxylation is 1. The first-order valence-corrected chi connectivity index (χ1v) is 8.77. The SMILES string of the molecule is CC1=C(C(=O)O)C(c2ccc(C#N)cc2C)NC(=O)N1c1cccc(C(F)(F)F)c1. The third-order valence-corrected chi connectivity index (χ3v) is 4.86. The van der Waals surface area contributed by atoms with Crippen molar-refractivity contribution in [1.29, 1.82) is 5.26 Å². The molecule has 1 aliphatic heterocycles. The van der Waals surface area contributed by atoms with Gasteiger partial charge < -0.3 is 10.4 Å². The second-order valence-corrected chi connectivity index (χ2v) is 6.75. The molecular formula is C21H16F3N3O3. The Balaban J connectivity index is 2.14. The van der Waals surface area contributed by atoms with Gasteiger partial charge in [-0.3, -0.25) is 4.90 Å². The van der Waals surface area contributed by atoms with Crippen LogP contribution in [0, 0.1) is 18.3 Å². The Kier molecular flexibility index (Phi) is 5.27. The van der Waals surface area contributed by atoms with E-state index in [0.717, 1.165) is 23.1 Å². The number of carbonyl (C=O) groups is 2. The van der Waals surface area contributed by atoms with Crippen LogP contribution in [0.25, 0.3) is 0 Å². The fourth-order valence-electron chi connectivity index (χ4n) is 3.45. The van der Waals surface area contributed by atoms with Gasteiger partial charge in [0.15, 0.2) is 0 Å². The van der Waals surface area contributed by atoms with Crippen LogP contribution in [0.1, 0.15) is 35.2 Å². The number of nitrogens with zero attached hydrogens (tertiary/aromatic N) is 2. The predicted molar refractivity (Wildman–Crippen MR) is 101 cm³/mol. The van der Waals surface area contributed by atoms with Gasteiger partial charge in [-0.15, -0.1) is 0 Å². The standard InChI is InChI=1S/C21H16F3N3O3/c1-11-8-13(10-25)6-7-16(11)18-17(19(28)29)12(2)27(20(30)26-18)15-5-3-4-14(9-15)21(22,23)24/h3-9,18H,1-2H3,(H,26,30)(H,28,29). The van der Waals surface area contributed by atoms with Crippen molar-refractivity contribution in [3.05, 3.63) is 76.0 Å². The van der Waals surface area contributed by atoms with Crippen LogP contribution in [0.5, 0.6) is 0 Å². The van der Waals surface area contributed by atoms with Crippen LogP contribution >= 0.6 is 0 Å². The van der Waals surface area contributed by atoms with Gasteiger partial charge in [-0.05, 0) is 55.3 Å². The van der Waals surface area contributed by atoms with Crippen LogP contribution in [0.2, 0.25) is 0 Å². The van der Waals surface area contributed by atoms with Crippen molar-refractivity contribution in [3.8, 4) is 6.07 Å². The molecule has 0 aliphatic carbocycles. The van der Waals surface area contributed by atoms with Crippen molar-refractivity contribution in [2.24, 2.45) is 0 Å². The van der Waals surface area contributed by atoms with E-state index in [-0.39, 0.29) is 17.0 Å². The fourth-order valence-corrected chi connectivity index (χ4v) is 3.45. The average Bonchev–Trinajstić information content (AvgIpc) is 2.66. The number of halogens is 3. The van der Waals surface area contributed by atoms with Crippen molar-refractivity contribution < 1.29 is 27.9 Å². The number of carboxylic acid groups (broad SMARTS) is 1. The van der Waals surface area contributed by atoms with Crippen molar-refractivity contribution >= 4 is 17.7 Å². The second kappa shape index (κ2) is 7.55. The Labute approximate surface area is 169 Å². The van der Waals surface area contributed by atoms with Crippen LogP contribution in [0.3, 0.4) is 0 Å². The first kappa shape index (κ1) is 20.9. The summed E-state index contributed by atoms with van der Waals surface area (Å²) >= 11 is 0. The molecule has 1 unspecified atom stereocenters. The Morgan fingerprint density at radius 3 is 2.47 bits per heavy atom. The summed E-state index contributed by atoms with van der Waals surface area (Å²) in [7, 11) is 0. The van der Waals surface area contributed by atoms with E-state index >= 15 is 0 Å². The van der Waals surface area contributed by atoms with E-state index in [4.69, 9.17) is 5.26 Å². The molecule has 0 saturated heterocycles. The summed E-state index contributed by atoms with van der Waals surface area (Å²) in [5.74, 6) is -1.32. The maximum Gasteiger partial charge on any atom is 0.416 e. The monoisotopic (exact) mass is 415 g/mol. The number of alkyl halides is 3. The molecule has 0 spiro atoms. The Morgan fingerprint density at radius 1 is 1.20 bits per heavy atom. The Morgan fingerprint density at radius 2 is 1.90 bits per heavy atom. The number of nitrogens with one attached hydrogen (secondary N) is 1. The van der Waals surface area contributed by atoms with E-state index in [9.17, 15) is 27.9 Å². The van der Waals surface area contributed by atoms with Crippen molar-refractivity contribution in [2.75, 3.05) is 4.90 Å². The first-order chi connectivity index (χ1) is 14.0. The number of carboxylic acids is 1. The number of allylic oxidation sites excluding steroid dienone is 1. The predicted octanol–water partition coefficient (Wildman–Crippen LogP) is 4.52. The van der Waals surface area contributed by atoms with Crippen molar-refractivity contribution in [1.82, 2.24) is 5.32 Å². The van der Waals surface area contributed by atoms with Crippen LogP contribution in [0.4, 0.5) is 23.7 Å². The number of urea groups is 1. The molecular weight excluding hydrogens is 399 g/mol. The van der Waals surface area contributed by atoms with Gasteiger partial charge in [-0.2, -0.15) is 18.4 Å². The second-order valence-electron chi connectivity index (χ2n) is 6.75. The van der Waals surface area contributed by atoms with E-state index in [1.54, 1.807) is 19.1 Å². The summed E-state index contributed by atoms with van der Waals surface area (Å²) in [6, 6.07) is 8.92. The van der Waals surface area contributed by atoms with Crippen molar-refractivity contribution in [3.63, 3.8) is 0 Å². The highest BCUT2D eigenvalue weighted by molar-refractivity contribution is 6.02. The first-order valence-electron chi connectivity index (χ1n) is 8.77. The maximum absolute atomic E-state index is 13.1. The van der Waals surface area contributed by atoms with E-state index in [0.29, 0.717) is 16.7 Å². The summed E-state index contributed by atoms with van der Waals surface area (Å²) in [4.78, 5) is 25.7. The molecule has 0 bridgehead atoms. The molecule has 9 heteroatoms. The number of hydrogen-bond acceptors (Lipinski definition) is 3. The van der Waals surface area contributed by atoms with Crippen LogP contribution in [-0.4, -0.2) is 17.1 Å². The van der Waals surface area contributed by atoms with E-state index in [2.05, 4.69) is 5.32 Å². The molecule has 0 saturated carbocycles. The number of rotatable bonds is 3. The fraction of sp³-hybridized carbons (Fsp3) is 0.190. The zero-order chi connectivity index (χ0) is 22.2.